The van der Waals surface area contributed by atoms with Crippen molar-refractivity contribution in [3.8, 4) is 0 Å². The SMILES string of the molecule is CC(C)NC(=O)CCNC(=O)CCNS(=O)(=O)c1ccccc1. The van der Waals surface area contributed by atoms with E-state index in [1.54, 1.807) is 18.2 Å². The van der Waals surface area contributed by atoms with Crippen LogP contribution in [0.15, 0.2) is 35.2 Å². The second-order valence-corrected chi connectivity index (χ2v) is 7.05. The van der Waals surface area contributed by atoms with Crippen LogP contribution >= 0.6 is 0 Å². The molecule has 0 fully saturated rings. The van der Waals surface area contributed by atoms with Crippen molar-refractivity contribution >= 4 is 21.8 Å². The van der Waals surface area contributed by atoms with Gasteiger partial charge in [-0.3, -0.25) is 9.59 Å². The molecule has 0 unspecified atom stereocenters. The summed E-state index contributed by atoms with van der Waals surface area (Å²) in [5.74, 6) is -0.441. The summed E-state index contributed by atoms with van der Waals surface area (Å²) in [6, 6.07) is 8.01. The minimum atomic E-state index is -3.60. The summed E-state index contributed by atoms with van der Waals surface area (Å²) >= 11 is 0. The first-order valence-electron chi connectivity index (χ1n) is 7.42. The van der Waals surface area contributed by atoms with Crippen LogP contribution in [0, 0.1) is 0 Å². The van der Waals surface area contributed by atoms with Gasteiger partial charge in [0.1, 0.15) is 0 Å². The Morgan fingerprint density at radius 1 is 1.00 bits per heavy atom. The van der Waals surface area contributed by atoms with Crippen LogP contribution in [0.2, 0.25) is 0 Å². The van der Waals surface area contributed by atoms with Crippen LogP contribution < -0.4 is 15.4 Å². The van der Waals surface area contributed by atoms with Crippen LogP contribution in [0.25, 0.3) is 0 Å². The maximum atomic E-state index is 11.9. The van der Waals surface area contributed by atoms with E-state index in [9.17, 15) is 18.0 Å². The predicted molar refractivity (Wildman–Crippen MR) is 87.2 cm³/mol. The average molecular weight is 341 g/mol. The molecule has 2 amide bonds. The molecule has 0 bridgehead atoms. The van der Waals surface area contributed by atoms with Gasteiger partial charge >= 0.3 is 0 Å². The van der Waals surface area contributed by atoms with E-state index < -0.39 is 10.0 Å². The van der Waals surface area contributed by atoms with Crippen molar-refractivity contribution in [3.05, 3.63) is 30.3 Å². The fourth-order valence-electron chi connectivity index (χ4n) is 1.78. The molecule has 0 heterocycles. The van der Waals surface area contributed by atoms with Crippen LogP contribution in [0.3, 0.4) is 0 Å². The highest BCUT2D eigenvalue weighted by atomic mass is 32.2. The Balaban J connectivity index is 2.25. The van der Waals surface area contributed by atoms with Crippen molar-refractivity contribution < 1.29 is 18.0 Å². The number of hydrogen-bond donors (Lipinski definition) is 3. The van der Waals surface area contributed by atoms with Gasteiger partial charge in [0.05, 0.1) is 4.90 Å². The van der Waals surface area contributed by atoms with E-state index in [1.807, 2.05) is 13.8 Å². The summed E-state index contributed by atoms with van der Waals surface area (Å²) in [7, 11) is -3.60. The van der Waals surface area contributed by atoms with Crippen molar-refractivity contribution in [3.63, 3.8) is 0 Å². The summed E-state index contributed by atoms with van der Waals surface area (Å²) in [6.45, 7) is 3.94. The summed E-state index contributed by atoms with van der Waals surface area (Å²) in [4.78, 5) is 23.1. The van der Waals surface area contributed by atoms with Gasteiger partial charge in [0.15, 0.2) is 0 Å². The zero-order valence-electron chi connectivity index (χ0n) is 13.3. The van der Waals surface area contributed by atoms with E-state index in [0.717, 1.165) is 0 Å². The molecule has 3 N–H and O–H groups in total. The highest BCUT2D eigenvalue weighted by molar-refractivity contribution is 7.89. The number of carbonyl (C=O) groups is 2. The first-order chi connectivity index (χ1) is 10.8. The Kier molecular flexibility index (Phi) is 7.70. The molecule has 8 heteroatoms. The largest absolute Gasteiger partial charge is 0.356 e. The van der Waals surface area contributed by atoms with E-state index in [4.69, 9.17) is 0 Å². The fourth-order valence-corrected chi connectivity index (χ4v) is 2.83. The van der Waals surface area contributed by atoms with Gasteiger partial charge in [-0.25, -0.2) is 13.1 Å². The second kappa shape index (κ2) is 9.26. The van der Waals surface area contributed by atoms with Gasteiger partial charge in [-0.15, -0.1) is 0 Å². The van der Waals surface area contributed by atoms with Gasteiger partial charge in [0.2, 0.25) is 21.8 Å². The lowest BCUT2D eigenvalue weighted by Gasteiger charge is -2.09. The standard InChI is InChI=1S/C15H23N3O4S/c1-12(2)18-15(20)8-10-16-14(19)9-11-17-23(21,22)13-6-4-3-5-7-13/h3-7,12,17H,8-11H2,1-2H3,(H,16,19)(H,18,20). The predicted octanol–water partition coefficient (Wildman–Crippen LogP) is 0.386. The minimum Gasteiger partial charge on any atom is -0.356 e. The molecule has 1 aromatic carbocycles. The van der Waals surface area contributed by atoms with Crippen LogP contribution in [0.5, 0.6) is 0 Å². The molecule has 7 nitrogen and oxygen atoms in total. The summed E-state index contributed by atoms with van der Waals surface area (Å²) in [5.41, 5.74) is 0. The molecule has 128 valence electrons. The van der Waals surface area contributed by atoms with Crippen LogP contribution in [0.4, 0.5) is 0 Å². The maximum Gasteiger partial charge on any atom is 0.240 e. The molecular formula is C15H23N3O4S. The van der Waals surface area contributed by atoms with E-state index in [-0.39, 0.29) is 48.7 Å². The maximum absolute atomic E-state index is 11.9. The molecule has 0 atom stereocenters. The molecule has 0 saturated carbocycles. The molecule has 0 radical (unpaired) electrons. The average Bonchev–Trinajstić information content (AvgIpc) is 2.47. The monoisotopic (exact) mass is 341 g/mol. The number of benzene rings is 1. The topological polar surface area (TPSA) is 104 Å². The smallest absolute Gasteiger partial charge is 0.240 e. The summed E-state index contributed by atoms with van der Waals surface area (Å²) < 4.78 is 26.2. The van der Waals surface area contributed by atoms with Crippen LogP contribution in [-0.4, -0.2) is 39.4 Å². The van der Waals surface area contributed by atoms with Crippen molar-refractivity contribution in [1.29, 1.82) is 0 Å². The van der Waals surface area contributed by atoms with Gasteiger partial charge in [0, 0.05) is 32.0 Å². The molecule has 0 aliphatic heterocycles. The van der Waals surface area contributed by atoms with Gasteiger partial charge in [-0.1, -0.05) is 18.2 Å². The van der Waals surface area contributed by atoms with E-state index in [2.05, 4.69) is 15.4 Å². The lowest BCUT2D eigenvalue weighted by atomic mass is 10.3. The Hall–Kier alpha value is -1.93. The van der Waals surface area contributed by atoms with E-state index in [1.165, 1.54) is 12.1 Å². The first-order valence-corrected chi connectivity index (χ1v) is 8.90. The third-order valence-corrected chi connectivity index (χ3v) is 4.30. The number of amides is 2. The van der Waals surface area contributed by atoms with E-state index in [0.29, 0.717) is 0 Å². The number of rotatable bonds is 9. The lowest BCUT2D eigenvalue weighted by Crippen LogP contribution is -2.35. The molecule has 0 aliphatic carbocycles. The molecule has 0 saturated heterocycles. The number of carbonyl (C=O) groups excluding carboxylic acids is 2. The molecule has 1 rings (SSSR count). The van der Waals surface area contributed by atoms with Crippen molar-refractivity contribution in [2.24, 2.45) is 0 Å². The van der Waals surface area contributed by atoms with Gasteiger partial charge < -0.3 is 10.6 Å². The van der Waals surface area contributed by atoms with Crippen molar-refractivity contribution in [2.75, 3.05) is 13.1 Å². The number of sulfonamides is 1. The molecular weight excluding hydrogens is 318 g/mol. The normalized spacial score (nSPS) is 11.3. The highest BCUT2D eigenvalue weighted by Gasteiger charge is 2.13. The van der Waals surface area contributed by atoms with Crippen LogP contribution in [0.1, 0.15) is 26.7 Å². The Morgan fingerprint density at radius 3 is 2.22 bits per heavy atom. The third-order valence-electron chi connectivity index (χ3n) is 2.82. The van der Waals surface area contributed by atoms with E-state index >= 15 is 0 Å². The molecule has 1 aromatic rings. The molecule has 0 aliphatic rings. The van der Waals surface area contributed by atoms with Gasteiger partial charge in [-0.2, -0.15) is 0 Å². The summed E-state index contributed by atoms with van der Waals surface area (Å²) in [5, 5.41) is 5.29. The van der Waals surface area contributed by atoms with Gasteiger partial charge in [0.25, 0.3) is 0 Å². The summed E-state index contributed by atoms with van der Waals surface area (Å²) in [6.07, 6.45) is 0.206. The second-order valence-electron chi connectivity index (χ2n) is 5.28. The first kappa shape index (κ1) is 19.1. The lowest BCUT2D eigenvalue weighted by molar-refractivity contribution is -0.122. The quantitative estimate of drug-likeness (QED) is 0.604. The number of hydrogen-bond acceptors (Lipinski definition) is 4. The van der Waals surface area contributed by atoms with Gasteiger partial charge in [-0.05, 0) is 26.0 Å². The molecule has 0 aromatic heterocycles. The Morgan fingerprint density at radius 2 is 1.61 bits per heavy atom. The number of nitrogens with one attached hydrogen (secondary N) is 3. The molecule has 23 heavy (non-hydrogen) atoms. The minimum absolute atomic E-state index is 0.00124. The highest BCUT2D eigenvalue weighted by Crippen LogP contribution is 2.06. The Bertz CT molecular complexity index is 615. The van der Waals surface area contributed by atoms with Crippen molar-refractivity contribution in [2.45, 2.75) is 37.6 Å². The Labute approximate surface area is 136 Å². The zero-order valence-corrected chi connectivity index (χ0v) is 14.2. The zero-order chi connectivity index (χ0) is 17.3. The fraction of sp³-hybridized carbons (Fsp3) is 0.467. The third kappa shape index (κ3) is 7.75. The van der Waals surface area contributed by atoms with Crippen molar-refractivity contribution in [1.82, 2.24) is 15.4 Å². The molecule has 0 spiro atoms. The van der Waals surface area contributed by atoms with Crippen LogP contribution in [-0.2, 0) is 19.6 Å².